The number of pyridine rings is 2. The predicted octanol–water partition coefficient (Wildman–Crippen LogP) is 5.93. The quantitative estimate of drug-likeness (QED) is 0.179. The van der Waals surface area contributed by atoms with Crippen LogP contribution in [0.3, 0.4) is 0 Å². The van der Waals surface area contributed by atoms with Gasteiger partial charge >= 0.3 is 12.1 Å². The number of hydrogen-bond donors (Lipinski definition) is 1. The van der Waals surface area contributed by atoms with Gasteiger partial charge in [-0.1, -0.05) is 6.42 Å². The van der Waals surface area contributed by atoms with Crippen LogP contribution in [-0.4, -0.2) is 89.5 Å². The average Bonchev–Trinajstić information content (AvgIpc) is 3.51. The molecule has 12 nitrogen and oxygen atoms in total. The van der Waals surface area contributed by atoms with Gasteiger partial charge in [-0.3, -0.25) is 4.79 Å². The smallest absolute Gasteiger partial charge is 0.421 e. The summed E-state index contributed by atoms with van der Waals surface area (Å²) < 4.78 is 58.0. The van der Waals surface area contributed by atoms with E-state index in [1.807, 2.05) is 7.05 Å². The number of rotatable bonds is 12. The van der Waals surface area contributed by atoms with Gasteiger partial charge in [0, 0.05) is 51.0 Å². The summed E-state index contributed by atoms with van der Waals surface area (Å²) in [6.45, 7) is 6.42. The second-order valence-corrected chi connectivity index (χ2v) is 12.7. The van der Waals surface area contributed by atoms with Crippen molar-refractivity contribution in [3.8, 4) is 28.7 Å². The SMILES string of the molecule is CCOC(=O)C1CCN(c2cnc(-c3nc4nc(-c5cnc(OCC)c(C(F)(F)F)c5)cc(N(C)CC5(COC)CCC5)c4[nH]3)cn2)CC1. The number of imidazole rings is 1. The van der Waals surface area contributed by atoms with Gasteiger partial charge in [0.1, 0.15) is 22.6 Å². The lowest BCUT2D eigenvalue weighted by molar-refractivity contribution is -0.148. The van der Waals surface area contributed by atoms with Gasteiger partial charge in [-0.25, -0.2) is 24.9 Å². The van der Waals surface area contributed by atoms with Crippen LogP contribution in [0.15, 0.2) is 30.7 Å². The van der Waals surface area contributed by atoms with Gasteiger partial charge in [0.15, 0.2) is 11.5 Å². The first-order valence-electron chi connectivity index (χ1n) is 16.6. The Hall–Kier alpha value is -4.53. The molecular formula is C34H41F3N8O4. The number of anilines is 2. The summed E-state index contributed by atoms with van der Waals surface area (Å²) in [5.74, 6) is 0.365. The normalized spacial score (nSPS) is 16.4. The van der Waals surface area contributed by atoms with E-state index >= 15 is 0 Å². The lowest BCUT2D eigenvalue weighted by Gasteiger charge is -2.44. The predicted molar refractivity (Wildman–Crippen MR) is 177 cm³/mol. The molecule has 49 heavy (non-hydrogen) atoms. The zero-order valence-electron chi connectivity index (χ0n) is 28.1. The summed E-state index contributed by atoms with van der Waals surface area (Å²) in [6, 6.07) is 2.78. The summed E-state index contributed by atoms with van der Waals surface area (Å²) in [5.41, 5.74) is 1.61. The Kier molecular flexibility index (Phi) is 9.91. The van der Waals surface area contributed by atoms with Gasteiger partial charge in [-0.15, -0.1) is 0 Å². The van der Waals surface area contributed by atoms with E-state index in [2.05, 4.69) is 34.7 Å². The number of halogens is 3. The topological polar surface area (TPSA) is 131 Å². The number of fused-ring (bicyclic) bond motifs is 1. The molecule has 6 rings (SSSR count). The standard InChI is InChI=1S/C34H41F3N8O4/c1-5-48-31-23(34(35,36)37)14-22(16-40-31)24-15-26(44(3)19-33(20-47-4)10-7-11-33)28-30(41-24)43-29(42-28)25-17-39-27(18-38-25)45-12-8-21(9-13-45)32(46)49-6-2/h14-18,21H,5-13,19-20H2,1-4H3,(H,41,42,43). The maximum absolute atomic E-state index is 14.0. The molecule has 1 aliphatic heterocycles. The average molecular weight is 683 g/mol. The van der Waals surface area contributed by atoms with Crippen molar-refractivity contribution < 1.29 is 32.2 Å². The monoisotopic (exact) mass is 682 g/mol. The fourth-order valence-corrected chi connectivity index (χ4v) is 6.72. The van der Waals surface area contributed by atoms with Crippen LogP contribution in [0.5, 0.6) is 5.88 Å². The van der Waals surface area contributed by atoms with E-state index in [4.69, 9.17) is 19.2 Å². The van der Waals surface area contributed by atoms with E-state index in [9.17, 15) is 18.0 Å². The van der Waals surface area contributed by atoms with Gasteiger partial charge < -0.3 is 29.0 Å². The molecule has 0 aromatic carbocycles. The summed E-state index contributed by atoms with van der Waals surface area (Å²) >= 11 is 0. The van der Waals surface area contributed by atoms with Crippen molar-refractivity contribution in [3.05, 3.63) is 36.3 Å². The highest BCUT2D eigenvalue weighted by molar-refractivity contribution is 5.91. The maximum Gasteiger partial charge on any atom is 0.421 e. The first-order chi connectivity index (χ1) is 23.5. The molecule has 1 saturated heterocycles. The number of piperidine rings is 1. The molecule has 2 aliphatic rings. The van der Waals surface area contributed by atoms with Gasteiger partial charge in [0.2, 0.25) is 5.88 Å². The van der Waals surface area contributed by atoms with E-state index in [1.165, 1.54) is 6.20 Å². The lowest BCUT2D eigenvalue weighted by Crippen LogP contribution is -2.44. The number of carbonyl (C=O) groups excluding carboxylic acids is 1. The van der Waals surface area contributed by atoms with E-state index in [1.54, 1.807) is 39.4 Å². The molecule has 0 radical (unpaired) electrons. The van der Waals surface area contributed by atoms with Gasteiger partial charge in [-0.05, 0) is 51.7 Å². The van der Waals surface area contributed by atoms with Crippen molar-refractivity contribution >= 4 is 28.6 Å². The molecule has 262 valence electrons. The summed E-state index contributed by atoms with van der Waals surface area (Å²) in [7, 11) is 3.64. The molecular weight excluding hydrogens is 641 g/mol. The lowest BCUT2D eigenvalue weighted by atomic mass is 9.69. The maximum atomic E-state index is 14.0. The molecule has 0 atom stereocenters. The van der Waals surface area contributed by atoms with E-state index in [-0.39, 0.29) is 35.2 Å². The van der Waals surface area contributed by atoms with Crippen molar-refractivity contribution in [2.24, 2.45) is 11.3 Å². The van der Waals surface area contributed by atoms with Crippen LogP contribution in [-0.2, 0) is 20.4 Å². The fraction of sp³-hybridized carbons (Fsp3) is 0.529. The molecule has 0 spiro atoms. The molecule has 4 aromatic rings. The van der Waals surface area contributed by atoms with Crippen LogP contribution in [0, 0.1) is 11.3 Å². The molecule has 1 aliphatic carbocycles. The van der Waals surface area contributed by atoms with E-state index in [0.29, 0.717) is 74.2 Å². The van der Waals surface area contributed by atoms with Crippen molar-refractivity contribution in [1.82, 2.24) is 29.9 Å². The fourth-order valence-electron chi connectivity index (χ4n) is 6.72. The minimum absolute atomic E-state index is 0.0294. The Morgan fingerprint density at radius 1 is 1.04 bits per heavy atom. The van der Waals surface area contributed by atoms with Crippen LogP contribution >= 0.6 is 0 Å². The number of hydrogen-bond acceptors (Lipinski definition) is 11. The number of carbonyl (C=O) groups is 1. The number of methoxy groups -OCH3 is 1. The highest BCUT2D eigenvalue weighted by Gasteiger charge is 2.39. The molecule has 1 saturated carbocycles. The Balaban J connectivity index is 1.34. The number of esters is 1. The minimum Gasteiger partial charge on any atom is -0.478 e. The molecule has 0 amide bonds. The molecule has 0 unspecified atom stereocenters. The molecule has 4 aromatic heterocycles. The number of nitrogens with zero attached hydrogens (tertiary/aromatic N) is 7. The first kappa shape index (κ1) is 34.3. The van der Waals surface area contributed by atoms with E-state index in [0.717, 1.165) is 31.0 Å². The van der Waals surface area contributed by atoms with Gasteiger partial charge in [0.25, 0.3) is 0 Å². The Morgan fingerprint density at radius 3 is 2.43 bits per heavy atom. The second kappa shape index (κ2) is 14.1. The van der Waals surface area contributed by atoms with Crippen LogP contribution in [0.1, 0.15) is 51.5 Å². The summed E-state index contributed by atoms with van der Waals surface area (Å²) in [6.07, 6.45) is 4.46. The molecule has 5 heterocycles. The molecule has 0 bridgehead atoms. The van der Waals surface area contributed by atoms with Gasteiger partial charge in [-0.2, -0.15) is 13.2 Å². The highest BCUT2D eigenvalue weighted by Crippen LogP contribution is 2.44. The van der Waals surface area contributed by atoms with Crippen LogP contribution in [0.4, 0.5) is 24.7 Å². The molecule has 1 N–H and O–H groups in total. The Labute approximate surface area is 282 Å². The zero-order valence-corrected chi connectivity index (χ0v) is 28.1. The van der Waals surface area contributed by atoms with Crippen molar-refractivity contribution in [3.63, 3.8) is 0 Å². The van der Waals surface area contributed by atoms with Crippen LogP contribution in [0.2, 0.25) is 0 Å². The third kappa shape index (κ3) is 7.26. The Morgan fingerprint density at radius 2 is 1.82 bits per heavy atom. The summed E-state index contributed by atoms with van der Waals surface area (Å²) in [5, 5.41) is 0. The first-order valence-corrected chi connectivity index (χ1v) is 16.6. The molecule has 15 heteroatoms. The largest absolute Gasteiger partial charge is 0.478 e. The summed E-state index contributed by atoms with van der Waals surface area (Å²) in [4.78, 5) is 42.4. The number of aromatic amines is 1. The number of H-pyrrole nitrogens is 1. The van der Waals surface area contributed by atoms with Crippen LogP contribution < -0.4 is 14.5 Å². The van der Waals surface area contributed by atoms with Crippen molar-refractivity contribution in [2.75, 3.05) is 63.4 Å². The Bertz CT molecular complexity index is 1770. The van der Waals surface area contributed by atoms with Crippen LogP contribution in [0.25, 0.3) is 33.9 Å². The van der Waals surface area contributed by atoms with Gasteiger partial charge in [0.05, 0.1) is 49.5 Å². The minimum atomic E-state index is -4.67. The van der Waals surface area contributed by atoms with Crippen molar-refractivity contribution in [1.29, 1.82) is 0 Å². The zero-order chi connectivity index (χ0) is 34.8. The third-order valence-corrected chi connectivity index (χ3v) is 9.34. The highest BCUT2D eigenvalue weighted by atomic mass is 19.4. The number of nitrogens with one attached hydrogen (secondary N) is 1. The van der Waals surface area contributed by atoms with Crippen molar-refractivity contribution in [2.45, 2.75) is 52.1 Å². The molecule has 2 fully saturated rings. The third-order valence-electron chi connectivity index (χ3n) is 9.34. The number of alkyl halides is 3. The van der Waals surface area contributed by atoms with E-state index < -0.39 is 17.6 Å². The second-order valence-electron chi connectivity index (χ2n) is 12.7. The number of aromatic nitrogens is 6. The number of ether oxygens (including phenoxy) is 3.